The first-order valence-corrected chi connectivity index (χ1v) is 8.77. The SMILES string of the molecule is CCC(C)(C)NC(=O)COC(=O)c1sc2cccc(F)c2c1COC. The number of carbonyl (C=O) groups is 2. The lowest BCUT2D eigenvalue weighted by Gasteiger charge is -2.24. The summed E-state index contributed by atoms with van der Waals surface area (Å²) >= 11 is 1.13. The lowest BCUT2D eigenvalue weighted by atomic mass is 10.0. The molecule has 5 nitrogen and oxygen atoms in total. The zero-order valence-electron chi connectivity index (χ0n) is 14.8. The molecule has 1 N–H and O–H groups in total. The van der Waals surface area contributed by atoms with Gasteiger partial charge in [0.15, 0.2) is 6.61 Å². The molecule has 0 spiro atoms. The molecule has 0 aliphatic rings. The number of fused-ring (bicyclic) bond motifs is 1. The summed E-state index contributed by atoms with van der Waals surface area (Å²) in [6.07, 6.45) is 0.750. The zero-order chi connectivity index (χ0) is 18.6. The van der Waals surface area contributed by atoms with Crippen molar-refractivity contribution in [2.45, 2.75) is 39.3 Å². The Morgan fingerprint density at radius 2 is 2.04 bits per heavy atom. The van der Waals surface area contributed by atoms with Crippen LogP contribution in [0.15, 0.2) is 18.2 Å². The third kappa shape index (κ3) is 4.55. The van der Waals surface area contributed by atoms with Gasteiger partial charge in [0.2, 0.25) is 0 Å². The van der Waals surface area contributed by atoms with Crippen molar-refractivity contribution in [1.29, 1.82) is 0 Å². The molecule has 1 aromatic heterocycles. The molecule has 25 heavy (non-hydrogen) atoms. The molecular weight excluding hydrogens is 345 g/mol. The van der Waals surface area contributed by atoms with E-state index in [9.17, 15) is 14.0 Å². The van der Waals surface area contributed by atoms with E-state index in [4.69, 9.17) is 9.47 Å². The average molecular weight is 367 g/mol. The maximum Gasteiger partial charge on any atom is 0.349 e. The summed E-state index contributed by atoms with van der Waals surface area (Å²) in [5.41, 5.74) is 0.0747. The van der Waals surface area contributed by atoms with Gasteiger partial charge >= 0.3 is 5.97 Å². The second kappa shape index (κ2) is 7.93. The standard InChI is InChI=1S/C18H22FNO4S/c1-5-18(2,3)20-14(21)10-24-17(22)16-11(9-23-4)15-12(19)7-6-8-13(15)25-16/h6-8H,5,9-10H2,1-4H3,(H,20,21). The first-order valence-electron chi connectivity index (χ1n) is 7.96. The minimum absolute atomic E-state index is 0.0838. The van der Waals surface area contributed by atoms with E-state index in [0.717, 1.165) is 17.8 Å². The van der Waals surface area contributed by atoms with E-state index in [2.05, 4.69) is 5.32 Å². The van der Waals surface area contributed by atoms with Crippen molar-refractivity contribution < 1.29 is 23.5 Å². The van der Waals surface area contributed by atoms with Crippen LogP contribution < -0.4 is 5.32 Å². The van der Waals surface area contributed by atoms with E-state index in [-0.39, 0.29) is 29.5 Å². The molecule has 0 saturated carbocycles. The smallest absolute Gasteiger partial charge is 0.349 e. The lowest BCUT2D eigenvalue weighted by Crippen LogP contribution is -2.44. The summed E-state index contributed by atoms with van der Waals surface area (Å²) in [5, 5.41) is 3.15. The van der Waals surface area contributed by atoms with Gasteiger partial charge in [-0.25, -0.2) is 9.18 Å². The predicted octanol–water partition coefficient (Wildman–Crippen LogP) is 3.65. The van der Waals surface area contributed by atoms with Crippen LogP contribution >= 0.6 is 11.3 Å². The summed E-state index contributed by atoms with van der Waals surface area (Å²) in [5.74, 6) is -1.44. The van der Waals surface area contributed by atoms with Crippen LogP contribution in [0.25, 0.3) is 10.1 Å². The van der Waals surface area contributed by atoms with Crippen molar-refractivity contribution in [2.75, 3.05) is 13.7 Å². The fourth-order valence-electron chi connectivity index (χ4n) is 2.31. The van der Waals surface area contributed by atoms with Crippen LogP contribution in [0.1, 0.15) is 42.4 Å². The fourth-order valence-corrected chi connectivity index (χ4v) is 3.43. The number of hydrogen-bond acceptors (Lipinski definition) is 5. The number of amides is 1. The van der Waals surface area contributed by atoms with Crippen molar-refractivity contribution in [3.8, 4) is 0 Å². The molecule has 7 heteroatoms. The summed E-state index contributed by atoms with van der Waals surface area (Å²) in [6.45, 7) is 5.43. The van der Waals surface area contributed by atoms with Crippen molar-refractivity contribution in [3.05, 3.63) is 34.5 Å². The van der Waals surface area contributed by atoms with Crippen molar-refractivity contribution in [2.24, 2.45) is 0 Å². The van der Waals surface area contributed by atoms with Crippen LogP contribution in [0, 0.1) is 5.82 Å². The van der Waals surface area contributed by atoms with Crippen molar-refractivity contribution >= 4 is 33.3 Å². The Morgan fingerprint density at radius 3 is 2.68 bits per heavy atom. The maximum atomic E-state index is 14.1. The molecule has 0 bridgehead atoms. The molecule has 0 unspecified atom stereocenters. The molecule has 136 valence electrons. The van der Waals surface area contributed by atoms with Gasteiger partial charge in [-0.1, -0.05) is 13.0 Å². The van der Waals surface area contributed by atoms with Crippen LogP contribution in [-0.4, -0.2) is 31.1 Å². The lowest BCUT2D eigenvalue weighted by molar-refractivity contribution is -0.125. The fraction of sp³-hybridized carbons (Fsp3) is 0.444. The Bertz CT molecular complexity index is 785. The molecule has 1 aromatic carbocycles. The van der Waals surface area contributed by atoms with E-state index in [1.54, 1.807) is 12.1 Å². The number of ether oxygens (including phenoxy) is 2. The quantitative estimate of drug-likeness (QED) is 0.759. The largest absolute Gasteiger partial charge is 0.451 e. The van der Waals surface area contributed by atoms with E-state index in [1.807, 2.05) is 20.8 Å². The Balaban J connectivity index is 2.18. The molecule has 2 aromatic rings. The van der Waals surface area contributed by atoms with Crippen LogP contribution in [0.3, 0.4) is 0 Å². The van der Waals surface area contributed by atoms with Gasteiger partial charge in [-0.15, -0.1) is 11.3 Å². The number of carbonyl (C=O) groups excluding carboxylic acids is 2. The molecule has 0 saturated heterocycles. The molecule has 1 heterocycles. The third-order valence-corrected chi connectivity index (χ3v) is 5.11. The molecular formula is C18H22FNO4S. The second-order valence-corrected chi connectivity index (χ2v) is 7.37. The monoisotopic (exact) mass is 367 g/mol. The number of hydrogen-bond donors (Lipinski definition) is 1. The van der Waals surface area contributed by atoms with Crippen LogP contribution in [0.4, 0.5) is 4.39 Å². The Kier molecular flexibility index (Phi) is 6.13. The molecule has 0 atom stereocenters. The Labute approximate surface area is 150 Å². The normalized spacial score (nSPS) is 11.6. The molecule has 1 amide bonds. The highest BCUT2D eigenvalue weighted by Crippen LogP contribution is 2.34. The zero-order valence-corrected chi connectivity index (χ0v) is 15.6. The average Bonchev–Trinajstić information content (AvgIpc) is 2.93. The van der Waals surface area contributed by atoms with Gasteiger partial charge in [0.1, 0.15) is 10.7 Å². The highest BCUT2D eigenvalue weighted by Gasteiger charge is 2.23. The summed E-state index contributed by atoms with van der Waals surface area (Å²) < 4.78 is 25.0. The van der Waals surface area contributed by atoms with Gasteiger partial charge in [0.25, 0.3) is 5.91 Å². The molecule has 2 rings (SSSR count). The molecule has 0 aliphatic carbocycles. The number of halogens is 1. The molecule has 0 fully saturated rings. The van der Waals surface area contributed by atoms with Crippen molar-refractivity contribution in [1.82, 2.24) is 5.32 Å². The van der Waals surface area contributed by atoms with E-state index >= 15 is 0 Å². The van der Waals surface area contributed by atoms with Crippen LogP contribution in [-0.2, 0) is 20.9 Å². The minimum atomic E-state index is -0.655. The summed E-state index contributed by atoms with van der Waals surface area (Å²) in [7, 11) is 1.47. The van der Waals surface area contributed by atoms with Crippen molar-refractivity contribution in [3.63, 3.8) is 0 Å². The topological polar surface area (TPSA) is 64.6 Å². The second-order valence-electron chi connectivity index (χ2n) is 6.32. The van der Waals surface area contributed by atoms with Gasteiger partial charge in [0.05, 0.1) is 6.61 Å². The number of esters is 1. The number of methoxy groups -OCH3 is 1. The van der Waals surface area contributed by atoms with E-state index in [1.165, 1.54) is 13.2 Å². The predicted molar refractivity (Wildman–Crippen MR) is 95.3 cm³/mol. The van der Waals surface area contributed by atoms with Gasteiger partial charge in [-0.3, -0.25) is 4.79 Å². The number of thiophene rings is 1. The van der Waals surface area contributed by atoms with Gasteiger partial charge < -0.3 is 14.8 Å². The van der Waals surface area contributed by atoms with Crippen LogP contribution in [0.2, 0.25) is 0 Å². The first kappa shape index (κ1) is 19.3. The van der Waals surface area contributed by atoms with Gasteiger partial charge in [0, 0.05) is 28.3 Å². The Morgan fingerprint density at radius 1 is 1.32 bits per heavy atom. The summed E-state index contributed by atoms with van der Waals surface area (Å²) in [6, 6.07) is 4.65. The number of nitrogens with one attached hydrogen (secondary N) is 1. The van der Waals surface area contributed by atoms with E-state index < -0.39 is 11.8 Å². The molecule has 0 aliphatic heterocycles. The number of benzene rings is 1. The minimum Gasteiger partial charge on any atom is -0.451 e. The maximum absolute atomic E-state index is 14.1. The van der Waals surface area contributed by atoms with Gasteiger partial charge in [-0.05, 0) is 32.4 Å². The van der Waals surface area contributed by atoms with E-state index in [0.29, 0.717) is 15.6 Å². The Hall–Kier alpha value is -1.99. The number of rotatable bonds is 7. The highest BCUT2D eigenvalue weighted by atomic mass is 32.1. The molecule has 0 radical (unpaired) electrons. The summed E-state index contributed by atoms with van der Waals surface area (Å²) in [4.78, 5) is 24.6. The third-order valence-electron chi connectivity index (χ3n) is 3.93. The van der Waals surface area contributed by atoms with Gasteiger partial charge in [-0.2, -0.15) is 0 Å². The highest BCUT2D eigenvalue weighted by molar-refractivity contribution is 7.21. The first-order chi connectivity index (χ1) is 11.8. The van der Waals surface area contributed by atoms with Crippen LogP contribution in [0.5, 0.6) is 0 Å².